The molecule has 3 rings (SSSR count). The number of hydrogen-bond acceptors (Lipinski definition) is 3. The Balaban J connectivity index is 0.00000261. The topological polar surface area (TPSA) is 55.6 Å². The lowest BCUT2D eigenvalue weighted by Gasteiger charge is -2.17. The second-order valence-electron chi connectivity index (χ2n) is 6.69. The summed E-state index contributed by atoms with van der Waals surface area (Å²) in [5.41, 5.74) is 7.17. The van der Waals surface area contributed by atoms with Gasteiger partial charge in [0.25, 0.3) is 0 Å². The number of hydrogen-bond donors (Lipinski definition) is 1. The Morgan fingerprint density at radius 1 is 1.11 bits per heavy atom. The SMILES string of the molecule is Cl.NC[C@@H]1CN(C(=O)CCCOc2ccccc2F)C[C@H]1c1ccccc1. The van der Waals surface area contributed by atoms with Crippen LogP contribution in [0.15, 0.2) is 54.6 Å². The number of amides is 1. The van der Waals surface area contributed by atoms with Crippen LogP contribution in [0.25, 0.3) is 0 Å². The fourth-order valence-corrected chi connectivity index (χ4v) is 3.52. The predicted octanol–water partition coefficient (Wildman–Crippen LogP) is 3.61. The summed E-state index contributed by atoms with van der Waals surface area (Å²) < 4.78 is 18.9. The third-order valence-corrected chi connectivity index (χ3v) is 4.95. The first kappa shape index (κ1) is 21.2. The standard InChI is InChI=1S/C21H25FN2O2.ClH/c22-19-9-4-5-10-20(19)26-12-6-11-21(25)24-14-17(13-23)18(15-24)16-7-2-1-3-8-16;/h1-5,7-10,17-18H,6,11-15,23H2;1H/t17-,18+;/m1./s1. The van der Waals surface area contributed by atoms with Gasteiger partial charge in [-0.15, -0.1) is 12.4 Å². The van der Waals surface area contributed by atoms with Gasteiger partial charge in [0.15, 0.2) is 11.6 Å². The third kappa shape index (κ3) is 5.44. The fraction of sp³-hybridized carbons (Fsp3) is 0.381. The zero-order valence-corrected chi connectivity index (χ0v) is 16.0. The van der Waals surface area contributed by atoms with Crippen LogP contribution in [-0.4, -0.2) is 37.0 Å². The summed E-state index contributed by atoms with van der Waals surface area (Å²) in [7, 11) is 0. The van der Waals surface area contributed by atoms with Crippen molar-refractivity contribution in [3.63, 3.8) is 0 Å². The minimum atomic E-state index is -0.380. The number of benzene rings is 2. The summed E-state index contributed by atoms with van der Waals surface area (Å²) in [6.45, 7) is 2.30. The largest absolute Gasteiger partial charge is 0.491 e. The van der Waals surface area contributed by atoms with E-state index >= 15 is 0 Å². The molecule has 1 fully saturated rings. The molecule has 1 amide bonds. The zero-order chi connectivity index (χ0) is 18.4. The first-order valence-corrected chi connectivity index (χ1v) is 9.09. The normalized spacial score (nSPS) is 18.8. The molecule has 2 aromatic rings. The van der Waals surface area contributed by atoms with E-state index < -0.39 is 0 Å². The molecule has 4 nitrogen and oxygen atoms in total. The highest BCUT2D eigenvalue weighted by Crippen LogP contribution is 2.32. The number of carbonyl (C=O) groups is 1. The summed E-state index contributed by atoms with van der Waals surface area (Å²) >= 11 is 0. The maximum Gasteiger partial charge on any atom is 0.222 e. The number of halogens is 2. The van der Waals surface area contributed by atoms with Crippen molar-refractivity contribution < 1.29 is 13.9 Å². The molecule has 27 heavy (non-hydrogen) atoms. The Labute approximate surface area is 165 Å². The van der Waals surface area contributed by atoms with E-state index in [0.717, 1.165) is 0 Å². The highest BCUT2D eigenvalue weighted by atomic mass is 35.5. The predicted molar refractivity (Wildman–Crippen MR) is 107 cm³/mol. The minimum absolute atomic E-state index is 0. The Morgan fingerprint density at radius 2 is 1.81 bits per heavy atom. The molecule has 0 bridgehead atoms. The van der Waals surface area contributed by atoms with Gasteiger partial charge in [-0.25, -0.2) is 4.39 Å². The van der Waals surface area contributed by atoms with Crippen LogP contribution in [-0.2, 0) is 4.79 Å². The third-order valence-electron chi connectivity index (χ3n) is 4.95. The monoisotopic (exact) mass is 392 g/mol. The van der Waals surface area contributed by atoms with E-state index in [0.29, 0.717) is 45.0 Å². The Morgan fingerprint density at radius 3 is 2.52 bits per heavy atom. The van der Waals surface area contributed by atoms with Gasteiger partial charge in [-0.2, -0.15) is 0 Å². The first-order chi connectivity index (χ1) is 12.7. The van der Waals surface area contributed by atoms with Crippen molar-refractivity contribution in [2.24, 2.45) is 11.7 Å². The Hall–Kier alpha value is -2.11. The first-order valence-electron chi connectivity index (χ1n) is 9.09. The fourth-order valence-electron chi connectivity index (χ4n) is 3.52. The summed E-state index contributed by atoms with van der Waals surface area (Å²) in [6.07, 6.45) is 0.959. The average Bonchev–Trinajstić information content (AvgIpc) is 3.11. The molecular weight excluding hydrogens is 367 g/mol. The van der Waals surface area contributed by atoms with Crippen LogP contribution in [0, 0.1) is 11.7 Å². The summed E-state index contributed by atoms with van der Waals surface area (Å²) in [4.78, 5) is 14.4. The molecule has 146 valence electrons. The van der Waals surface area contributed by atoms with Crippen molar-refractivity contribution in [1.82, 2.24) is 4.90 Å². The lowest BCUT2D eigenvalue weighted by molar-refractivity contribution is -0.130. The maximum absolute atomic E-state index is 13.5. The van der Waals surface area contributed by atoms with E-state index in [1.807, 2.05) is 23.1 Å². The van der Waals surface area contributed by atoms with E-state index in [2.05, 4.69) is 12.1 Å². The molecule has 0 aliphatic carbocycles. The van der Waals surface area contributed by atoms with E-state index in [4.69, 9.17) is 10.5 Å². The molecule has 6 heteroatoms. The molecule has 0 spiro atoms. The second kappa shape index (κ2) is 10.3. The van der Waals surface area contributed by atoms with Gasteiger partial charge in [-0.3, -0.25) is 4.79 Å². The molecule has 2 aromatic carbocycles. The molecule has 0 radical (unpaired) electrons. The van der Waals surface area contributed by atoms with Crippen molar-refractivity contribution in [1.29, 1.82) is 0 Å². The lowest BCUT2D eigenvalue weighted by Crippen LogP contribution is -2.29. The van der Waals surface area contributed by atoms with Crippen LogP contribution in [0.5, 0.6) is 5.75 Å². The van der Waals surface area contributed by atoms with Crippen molar-refractivity contribution in [3.05, 3.63) is 66.0 Å². The van der Waals surface area contributed by atoms with Gasteiger partial charge in [0.2, 0.25) is 5.91 Å². The number of rotatable bonds is 7. The van der Waals surface area contributed by atoms with Gasteiger partial charge in [-0.1, -0.05) is 42.5 Å². The molecule has 0 unspecified atom stereocenters. The van der Waals surface area contributed by atoms with Crippen LogP contribution in [0.2, 0.25) is 0 Å². The van der Waals surface area contributed by atoms with Crippen LogP contribution >= 0.6 is 12.4 Å². The maximum atomic E-state index is 13.5. The molecule has 2 N–H and O–H groups in total. The van der Waals surface area contributed by atoms with Gasteiger partial charge >= 0.3 is 0 Å². The van der Waals surface area contributed by atoms with E-state index in [9.17, 15) is 9.18 Å². The smallest absolute Gasteiger partial charge is 0.222 e. The van der Waals surface area contributed by atoms with Crippen molar-refractivity contribution in [2.45, 2.75) is 18.8 Å². The number of ether oxygens (including phenoxy) is 1. The summed E-state index contributed by atoms with van der Waals surface area (Å²) in [5.74, 6) is 0.540. The number of nitrogens with two attached hydrogens (primary N) is 1. The second-order valence-corrected chi connectivity index (χ2v) is 6.69. The van der Waals surface area contributed by atoms with E-state index in [1.165, 1.54) is 11.6 Å². The molecule has 0 aromatic heterocycles. The van der Waals surface area contributed by atoms with Crippen LogP contribution in [0.4, 0.5) is 4.39 Å². The van der Waals surface area contributed by atoms with Crippen molar-refractivity contribution in [3.8, 4) is 5.75 Å². The lowest BCUT2D eigenvalue weighted by atomic mass is 9.89. The quantitative estimate of drug-likeness (QED) is 0.732. The molecule has 1 heterocycles. The van der Waals surface area contributed by atoms with E-state index in [1.54, 1.807) is 18.2 Å². The van der Waals surface area contributed by atoms with Gasteiger partial charge in [0.1, 0.15) is 0 Å². The number of para-hydroxylation sites is 1. The van der Waals surface area contributed by atoms with Crippen LogP contribution in [0.3, 0.4) is 0 Å². The molecular formula is C21H26ClFN2O2. The van der Waals surface area contributed by atoms with E-state index in [-0.39, 0.29) is 35.8 Å². The van der Waals surface area contributed by atoms with Crippen LogP contribution < -0.4 is 10.5 Å². The van der Waals surface area contributed by atoms with Gasteiger partial charge in [0.05, 0.1) is 6.61 Å². The zero-order valence-electron chi connectivity index (χ0n) is 15.2. The molecule has 1 aliphatic rings. The summed E-state index contributed by atoms with van der Waals surface area (Å²) in [6, 6.07) is 16.5. The van der Waals surface area contributed by atoms with Gasteiger partial charge in [-0.05, 0) is 36.6 Å². The van der Waals surface area contributed by atoms with Crippen molar-refractivity contribution in [2.75, 3.05) is 26.2 Å². The molecule has 2 atom stereocenters. The molecule has 1 saturated heterocycles. The number of nitrogens with zero attached hydrogens (tertiary/aromatic N) is 1. The van der Waals surface area contributed by atoms with Gasteiger partial charge < -0.3 is 15.4 Å². The highest BCUT2D eigenvalue weighted by Gasteiger charge is 2.34. The highest BCUT2D eigenvalue weighted by molar-refractivity contribution is 5.85. The van der Waals surface area contributed by atoms with Crippen LogP contribution in [0.1, 0.15) is 24.3 Å². The van der Waals surface area contributed by atoms with Crippen molar-refractivity contribution >= 4 is 18.3 Å². The number of carbonyl (C=O) groups excluding carboxylic acids is 1. The number of likely N-dealkylation sites (tertiary alicyclic amines) is 1. The average molecular weight is 393 g/mol. The molecule has 0 saturated carbocycles. The Kier molecular flexibility index (Phi) is 8.07. The Bertz CT molecular complexity index is 729. The molecule has 1 aliphatic heterocycles. The summed E-state index contributed by atoms with van der Waals surface area (Å²) in [5, 5.41) is 0. The minimum Gasteiger partial charge on any atom is -0.491 e. The van der Waals surface area contributed by atoms with Gasteiger partial charge in [0, 0.05) is 25.4 Å².